The number of para-hydroxylation sites is 3. The van der Waals surface area contributed by atoms with Crippen LogP contribution in [0.15, 0.2) is 206 Å². The van der Waals surface area contributed by atoms with Crippen molar-refractivity contribution in [3.05, 3.63) is 242 Å². The van der Waals surface area contributed by atoms with E-state index in [0.29, 0.717) is 22.4 Å². The van der Waals surface area contributed by atoms with Crippen molar-refractivity contribution in [3.63, 3.8) is 0 Å². The molecular weight excluding hydrogens is 1060 g/mol. The molecule has 0 saturated carbocycles. The Morgan fingerprint density at radius 2 is 1.28 bits per heavy atom. The molecule has 0 bridgehead atoms. The first kappa shape index (κ1) is 35.0. The van der Waals surface area contributed by atoms with Gasteiger partial charge in [-0.1, -0.05) is 184 Å². The van der Waals surface area contributed by atoms with Crippen molar-refractivity contribution in [1.29, 1.82) is 0 Å². The molecule has 0 amide bonds. The third-order valence-corrected chi connectivity index (χ3v) is 12.7. The summed E-state index contributed by atoms with van der Waals surface area (Å²) in [6.07, 6.45) is 6.49. The average Bonchev–Trinajstić information content (AvgIpc) is 2.59. The van der Waals surface area contributed by atoms with E-state index in [1.165, 1.54) is 12.3 Å². The van der Waals surface area contributed by atoms with Crippen LogP contribution in [-0.4, -0.2) is 19.1 Å². The van der Waals surface area contributed by atoms with Crippen molar-refractivity contribution in [2.45, 2.75) is 39.9 Å². The molecule has 8 aromatic carbocycles. The molecule has 12 rings (SSSR count). The van der Waals surface area contributed by atoms with Crippen molar-refractivity contribution in [2.24, 2.45) is 0 Å². The summed E-state index contributed by atoms with van der Waals surface area (Å²) in [6.45, 7) is 1.01. The smallest absolute Gasteiger partial charge is 0.269 e. The van der Waals surface area contributed by atoms with Gasteiger partial charge in [0.05, 0.1) is 29.4 Å². The molecule has 0 saturated heterocycles. The Balaban J connectivity index is 0.00000721. The molecule has 0 atom stereocenters. The molecule has 352 valence electrons. The average molecular weight is 1120 g/mol. The summed E-state index contributed by atoms with van der Waals surface area (Å²) in [5.41, 5.74) is 8.70. The zero-order valence-corrected chi connectivity index (χ0v) is 41.5. The fourth-order valence-electron chi connectivity index (χ4n) is 9.40. The first-order valence-electron chi connectivity index (χ1n) is 28.6. The Morgan fingerprint density at radius 3 is 2.00 bits per heavy atom. The number of aromatic nitrogens is 5. The van der Waals surface area contributed by atoms with Gasteiger partial charge in [-0.25, -0.2) is 4.98 Å². The summed E-state index contributed by atoms with van der Waals surface area (Å²) in [5, 5.41) is 1.58. The Bertz CT molecular complexity index is 4430. The molecule has 4 aromatic heterocycles. The number of aryl methyl sites for hydroxylation is 2. The second kappa shape index (κ2) is 18.9. The van der Waals surface area contributed by atoms with Crippen LogP contribution >= 0.6 is 0 Å². The molecule has 0 N–H and O–H groups in total. The van der Waals surface area contributed by atoms with Crippen molar-refractivity contribution in [1.82, 2.24) is 19.1 Å². The van der Waals surface area contributed by atoms with Gasteiger partial charge in [-0.05, 0) is 111 Å². The molecule has 0 aliphatic heterocycles. The van der Waals surface area contributed by atoms with Crippen LogP contribution in [0.2, 0.25) is 0 Å². The van der Waals surface area contributed by atoms with Crippen molar-refractivity contribution < 1.29 is 45.4 Å². The summed E-state index contributed by atoms with van der Waals surface area (Å²) < 4.78 is 106. The van der Waals surface area contributed by atoms with Gasteiger partial charge < -0.3 is 9.30 Å². The number of pyridine rings is 2. The van der Waals surface area contributed by atoms with E-state index in [9.17, 15) is 0 Å². The van der Waals surface area contributed by atoms with Gasteiger partial charge in [-0.2, -0.15) is 18.2 Å². The van der Waals surface area contributed by atoms with Crippen LogP contribution < -0.4 is 9.30 Å². The molecular formula is C65H49N5OPt-2. The Labute approximate surface area is 450 Å². The van der Waals surface area contributed by atoms with Gasteiger partial charge in [0.15, 0.2) is 0 Å². The Morgan fingerprint density at radius 1 is 0.597 bits per heavy atom. The summed E-state index contributed by atoms with van der Waals surface area (Å²) >= 11 is 0. The second-order valence-corrected chi connectivity index (χ2v) is 18.3. The summed E-state index contributed by atoms with van der Waals surface area (Å²) in [6, 6.07) is 56.2. The minimum Gasteiger partial charge on any atom is -0.522 e. The molecule has 6 nitrogen and oxygen atoms in total. The zero-order chi connectivity index (χ0) is 57.6. The molecule has 0 fully saturated rings. The monoisotopic (exact) mass is 1120 g/mol. The van der Waals surface area contributed by atoms with E-state index in [1.807, 2.05) is 95.6 Å². The Kier molecular flexibility index (Phi) is 9.17. The molecule has 0 aliphatic rings. The summed E-state index contributed by atoms with van der Waals surface area (Å²) in [5.74, 6) is 1.11. The van der Waals surface area contributed by atoms with E-state index in [-0.39, 0.29) is 60.6 Å². The van der Waals surface area contributed by atoms with E-state index in [2.05, 4.69) is 81.7 Å². The van der Waals surface area contributed by atoms with Crippen LogP contribution in [0.25, 0.3) is 94.7 Å². The van der Waals surface area contributed by atoms with Gasteiger partial charge in [0.25, 0.3) is 6.33 Å². The minimum atomic E-state index is -2.79. The summed E-state index contributed by atoms with van der Waals surface area (Å²) in [7, 11) is 0. The maximum Gasteiger partial charge on any atom is 0.269 e. The standard InChI is InChI=1S/C65H49N5O.Pt/c1-43-33-55(50-37-48(45-19-9-6-10-20-45)36-49(38-50)46-21-11-7-12-22-46)64(57(34-43)65(3,4)5)69-42-68(59-27-17-18-28-60(59)69)62-40-52(31-32-66-62)71-51-29-30-54-53-25-15-16-26-58(53)70(61(54)39-51)63-35-44(2)56(41-67-63)47-23-13-8-14-24-47;/h6-38,41H,1-5H3;/q-2;/i1D3,2D3,8D,13D,14D,23D,24D;. The van der Waals surface area contributed by atoms with E-state index >= 15 is 0 Å². The number of hydrogen-bond acceptors (Lipinski definition) is 3. The van der Waals surface area contributed by atoms with E-state index in [0.717, 1.165) is 60.9 Å². The third-order valence-electron chi connectivity index (χ3n) is 12.7. The van der Waals surface area contributed by atoms with Crippen LogP contribution in [-0.2, 0) is 26.5 Å². The third kappa shape index (κ3) is 8.52. The van der Waals surface area contributed by atoms with Crippen LogP contribution in [0.3, 0.4) is 0 Å². The normalized spacial score (nSPS) is 14.1. The summed E-state index contributed by atoms with van der Waals surface area (Å²) in [4.78, 5) is 9.50. The Hall–Kier alpha value is -8.18. The molecule has 0 unspecified atom stereocenters. The van der Waals surface area contributed by atoms with Gasteiger partial charge in [0.2, 0.25) is 0 Å². The van der Waals surface area contributed by atoms with E-state index in [1.54, 1.807) is 39.6 Å². The number of fused-ring (bicyclic) bond motifs is 4. The molecule has 0 radical (unpaired) electrons. The van der Waals surface area contributed by atoms with Gasteiger partial charge in [-0.3, -0.25) is 14.1 Å². The molecule has 0 aliphatic carbocycles. The van der Waals surface area contributed by atoms with E-state index < -0.39 is 49.3 Å². The van der Waals surface area contributed by atoms with Gasteiger partial charge in [0, 0.05) is 52.3 Å². The van der Waals surface area contributed by atoms with Gasteiger partial charge in [-0.15, -0.1) is 17.5 Å². The van der Waals surface area contributed by atoms with Crippen molar-refractivity contribution >= 4 is 32.8 Å². The number of rotatable bonds is 9. The van der Waals surface area contributed by atoms with Gasteiger partial charge >= 0.3 is 0 Å². The molecule has 12 aromatic rings. The minimum absolute atomic E-state index is 0. The number of imidazole rings is 1. The second-order valence-electron chi connectivity index (χ2n) is 18.3. The number of ether oxygens (including phenoxy) is 1. The fourth-order valence-corrected chi connectivity index (χ4v) is 9.40. The van der Waals surface area contributed by atoms with Gasteiger partial charge in [0.1, 0.15) is 5.82 Å². The maximum absolute atomic E-state index is 8.76. The number of benzene rings is 8. The van der Waals surface area contributed by atoms with Crippen molar-refractivity contribution in [2.75, 3.05) is 0 Å². The predicted molar refractivity (Wildman–Crippen MR) is 288 cm³/mol. The fraction of sp³-hybridized carbons (Fsp3) is 0.0923. The molecule has 4 heterocycles. The molecule has 72 heavy (non-hydrogen) atoms. The number of nitrogens with zero attached hydrogens (tertiary/aromatic N) is 5. The maximum atomic E-state index is 8.76. The van der Waals surface area contributed by atoms with E-state index in [4.69, 9.17) is 29.8 Å². The van der Waals surface area contributed by atoms with Crippen LogP contribution in [0, 0.1) is 32.2 Å². The molecule has 0 spiro atoms. The van der Waals surface area contributed by atoms with Crippen LogP contribution in [0.4, 0.5) is 0 Å². The van der Waals surface area contributed by atoms with Crippen LogP contribution in [0.1, 0.15) is 52.5 Å². The SMILES string of the molecule is [2H]c1c([2H])c([2H])c(-c2cnc(-n3c4[c-]c(Oc5[c-]c(-n6[c-][n+](-c7c(-c8cc(-c9ccccc9)cc(-c9ccccc9)c8)cc(C([2H])([2H])[2H])cc7C(C)(C)C)c7ccccc76)ncc5)ccc4c4ccccc43)cc2C([2H])([2H])[2H])c([2H])c1[2H].[Pt]. The first-order valence-corrected chi connectivity index (χ1v) is 23.1. The number of hydrogen-bond donors (Lipinski definition) is 0. The predicted octanol–water partition coefficient (Wildman–Crippen LogP) is 15.6. The van der Waals surface area contributed by atoms with Crippen LogP contribution in [0.5, 0.6) is 11.5 Å². The molecule has 7 heteroatoms. The first-order chi connectivity index (χ1) is 39.1. The zero-order valence-electron chi connectivity index (χ0n) is 50.2. The largest absolute Gasteiger partial charge is 0.522 e. The quantitative estimate of drug-likeness (QED) is 0.107. The topological polar surface area (TPSA) is 48.8 Å². The van der Waals surface area contributed by atoms with Crippen molar-refractivity contribution in [3.8, 4) is 73.3 Å².